The van der Waals surface area contributed by atoms with Crippen LogP contribution >= 0.6 is 0 Å². The van der Waals surface area contributed by atoms with Gasteiger partial charge in [0.2, 0.25) is 0 Å². The van der Waals surface area contributed by atoms with Crippen molar-refractivity contribution in [3.05, 3.63) is 51.7 Å². The van der Waals surface area contributed by atoms with Gasteiger partial charge in [0.1, 0.15) is 5.82 Å². The van der Waals surface area contributed by atoms with E-state index in [1.807, 2.05) is 6.92 Å². The lowest BCUT2D eigenvalue weighted by Gasteiger charge is -2.33. The van der Waals surface area contributed by atoms with E-state index < -0.39 is 53.6 Å². The van der Waals surface area contributed by atoms with Crippen LogP contribution in [0.4, 0.5) is 32.2 Å². The molecule has 0 spiro atoms. The first-order valence-electron chi connectivity index (χ1n) is 10.5. The molecule has 8 nitrogen and oxygen atoms in total. The second kappa shape index (κ2) is 8.47. The number of aromatic nitrogens is 6. The summed E-state index contributed by atoms with van der Waals surface area (Å²) in [6.07, 6.45) is -3.15. The number of hydrogen-bond donors (Lipinski definition) is 0. The maximum Gasteiger partial charge on any atom is 0.419 e. The number of alkyl halides is 5. The third-order valence-corrected chi connectivity index (χ3v) is 5.64. The summed E-state index contributed by atoms with van der Waals surface area (Å²) in [5, 5.41) is 8.13. The van der Waals surface area contributed by atoms with Gasteiger partial charge in [0.15, 0.2) is 17.5 Å². The molecule has 1 fully saturated rings. The Labute approximate surface area is 189 Å². The fraction of sp³-hybridized carbons (Fsp3) is 0.500. The van der Waals surface area contributed by atoms with Crippen LogP contribution in [0.15, 0.2) is 23.3 Å². The Kier molecular flexibility index (Phi) is 5.94. The van der Waals surface area contributed by atoms with Gasteiger partial charge >= 0.3 is 11.9 Å². The lowest BCUT2D eigenvalue weighted by Crippen LogP contribution is -2.40. The van der Waals surface area contributed by atoms with Crippen molar-refractivity contribution in [1.82, 2.24) is 29.1 Å². The predicted molar refractivity (Wildman–Crippen MR) is 109 cm³/mol. The number of piperidine rings is 1. The van der Waals surface area contributed by atoms with Gasteiger partial charge in [-0.05, 0) is 19.9 Å². The van der Waals surface area contributed by atoms with Crippen LogP contribution < -0.4 is 10.6 Å². The molecule has 3 aromatic heterocycles. The van der Waals surface area contributed by atoms with E-state index >= 15 is 0 Å². The molecule has 0 unspecified atom stereocenters. The molecule has 4 heterocycles. The average Bonchev–Trinajstić information content (AvgIpc) is 3.33. The first kappa shape index (κ1) is 23.8. The highest BCUT2D eigenvalue weighted by Gasteiger charge is 2.40. The fourth-order valence-corrected chi connectivity index (χ4v) is 3.74. The van der Waals surface area contributed by atoms with E-state index in [0.717, 1.165) is 4.90 Å². The van der Waals surface area contributed by atoms with Crippen molar-refractivity contribution in [3.8, 4) is 5.82 Å². The summed E-state index contributed by atoms with van der Waals surface area (Å²) in [5.41, 5.74) is -1.78. The number of hydrogen-bond acceptors (Lipinski definition) is 5. The monoisotopic (exact) mass is 489 g/mol. The molecule has 1 saturated heterocycles. The van der Waals surface area contributed by atoms with Crippen molar-refractivity contribution in [2.75, 3.05) is 18.0 Å². The molecule has 1 aliphatic heterocycles. The second-order valence-electron chi connectivity index (χ2n) is 8.04. The number of halogens is 6. The Bertz CT molecular complexity index is 1250. The summed E-state index contributed by atoms with van der Waals surface area (Å²) in [6, 6.07) is 0.394. The first-order valence-corrected chi connectivity index (χ1v) is 10.5. The van der Waals surface area contributed by atoms with E-state index in [1.54, 1.807) is 17.1 Å². The van der Waals surface area contributed by atoms with Crippen molar-refractivity contribution < 1.29 is 26.3 Å². The molecule has 0 aromatic carbocycles. The largest absolute Gasteiger partial charge is 0.419 e. The van der Waals surface area contributed by atoms with Crippen LogP contribution in [0.25, 0.3) is 5.82 Å². The molecule has 0 saturated carbocycles. The third-order valence-electron chi connectivity index (χ3n) is 5.64. The molecule has 0 aliphatic carbocycles. The van der Waals surface area contributed by atoms with Gasteiger partial charge < -0.3 is 4.90 Å². The van der Waals surface area contributed by atoms with Crippen LogP contribution in [-0.2, 0) is 19.3 Å². The number of nitrogens with zero attached hydrogens (tertiary/aromatic N) is 7. The van der Waals surface area contributed by atoms with E-state index in [0.29, 0.717) is 22.9 Å². The summed E-state index contributed by atoms with van der Waals surface area (Å²) in [6.45, 7) is 3.27. The summed E-state index contributed by atoms with van der Waals surface area (Å²) in [4.78, 5) is 17.9. The highest BCUT2D eigenvalue weighted by Crippen LogP contribution is 2.37. The van der Waals surface area contributed by atoms with E-state index in [2.05, 4.69) is 15.2 Å². The molecule has 0 radical (unpaired) electrons. The molecule has 3 aromatic rings. The number of rotatable bonds is 5. The molecule has 14 heteroatoms. The first-order chi connectivity index (χ1) is 15.9. The number of pyridine rings is 1. The smallest absolute Gasteiger partial charge is 0.354 e. The zero-order valence-electron chi connectivity index (χ0n) is 18.3. The molecule has 0 bridgehead atoms. The lowest BCUT2D eigenvalue weighted by atomic mass is 10.1. The Morgan fingerprint density at radius 1 is 1.18 bits per heavy atom. The van der Waals surface area contributed by atoms with Gasteiger partial charge in [-0.1, -0.05) is 0 Å². The molecule has 0 N–H and O–H groups in total. The van der Waals surface area contributed by atoms with Crippen LogP contribution in [-0.4, -0.2) is 48.1 Å². The molecule has 184 valence electrons. The number of aryl methyl sites for hydroxylation is 2. The van der Waals surface area contributed by atoms with Gasteiger partial charge in [-0.3, -0.25) is 9.25 Å². The minimum atomic E-state index is -5.10. The Morgan fingerprint density at radius 2 is 1.85 bits per heavy atom. The molecule has 1 aliphatic rings. The predicted octanol–water partition coefficient (Wildman–Crippen LogP) is 3.40. The van der Waals surface area contributed by atoms with Gasteiger partial charge in [-0.2, -0.15) is 23.0 Å². The van der Waals surface area contributed by atoms with Crippen LogP contribution in [0.5, 0.6) is 0 Å². The minimum Gasteiger partial charge on any atom is -0.354 e. The van der Waals surface area contributed by atoms with Crippen molar-refractivity contribution in [3.63, 3.8) is 0 Å². The third kappa shape index (κ3) is 4.53. The highest BCUT2D eigenvalue weighted by molar-refractivity contribution is 5.49. The fourth-order valence-electron chi connectivity index (χ4n) is 3.74. The zero-order valence-corrected chi connectivity index (χ0v) is 18.3. The van der Waals surface area contributed by atoms with Crippen molar-refractivity contribution >= 4 is 5.82 Å². The maximum absolute atomic E-state index is 14.8. The molecule has 0 atom stereocenters. The summed E-state index contributed by atoms with van der Waals surface area (Å²) < 4.78 is 86.2. The normalized spacial score (nSPS) is 16.3. The standard InChI is InChI=1S/C20H21F6N7O/c1-3-31-10-13(9-27-31)11-32-12(2)29-33(18(32)34)15-8-14(20(24,25)26)16(21)17(28-15)30-6-4-19(22,23)5-7-30/h8-10H,3-7,11H2,1-2H3. The van der Waals surface area contributed by atoms with Crippen LogP contribution in [0.1, 0.15) is 36.7 Å². The van der Waals surface area contributed by atoms with E-state index in [-0.39, 0.29) is 25.5 Å². The van der Waals surface area contributed by atoms with E-state index in [4.69, 9.17) is 0 Å². The zero-order chi connectivity index (χ0) is 24.8. The molecule has 0 amide bonds. The summed E-state index contributed by atoms with van der Waals surface area (Å²) in [5.74, 6) is -5.79. The lowest BCUT2D eigenvalue weighted by molar-refractivity contribution is -0.140. The quantitative estimate of drug-likeness (QED) is 0.514. The maximum atomic E-state index is 14.8. The second-order valence-corrected chi connectivity index (χ2v) is 8.04. The van der Waals surface area contributed by atoms with Crippen LogP contribution in [0, 0.1) is 12.7 Å². The van der Waals surface area contributed by atoms with Crippen molar-refractivity contribution in [1.29, 1.82) is 0 Å². The highest BCUT2D eigenvalue weighted by atomic mass is 19.4. The Hall–Kier alpha value is -3.32. The number of anilines is 1. The van der Waals surface area contributed by atoms with Gasteiger partial charge in [0.05, 0.1) is 18.3 Å². The van der Waals surface area contributed by atoms with Crippen molar-refractivity contribution in [2.45, 2.75) is 51.9 Å². The minimum absolute atomic E-state index is 0.0616. The van der Waals surface area contributed by atoms with Gasteiger partial charge in [0, 0.05) is 44.2 Å². The summed E-state index contributed by atoms with van der Waals surface area (Å²) in [7, 11) is 0. The molecular formula is C20H21F6N7O. The topological polar surface area (TPSA) is 73.8 Å². The Balaban J connectivity index is 1.78. The van der Waals surface area contributed by atoms with Crippen LogP contribution in [0.3, 0.4) is 0 Å². The van der Waals surface area contributed by atoms with Gasteiger partial charge in [-0.25, -0.2) is 22.9 Å². The van der Waals surface area contributed by atoms with E-state index in [9.17, 15) is 31.1 Å². The van der Waals surface area contributed by atoms with Gasteiger partial charge in [-0.15, -0.1) is 5.10 Å². The van der Waals surface area contributed by atoms with E-state index in [1.165, 1.54) is 11.5 Å². The molecule has 4 rings (SSSR count). The molecular weight excluding hydrogens is 468 g/mol. The average molecular weight is 489 g/mol. The molecule has 34 heavy (non-hydrogen) atoms. The van der Waals surface area contributed by atoms with Crippen LogP contribution in [0.2, 0.25) is 0 Å². The van der Waals surface area contributed by atoms with Crippen molar-refractivity contribution in [2.24, 2.45) is 0 Å². The Morgan fingerprint density at radius 3 is 2.44 bits per heavy atom. The van der Waals surface area contributed by atoms with Gasteiger partial charge in [0.25, 0.3) is 5.92 Å². The SMILES string of the molecule is CCn1cc(Cn2c(C)nn(-c3cc(C(F)(F)F)c(F)c(N4CCC(F)(F)CC4)n3)c2=O)cn1. The summed E-state index contributed by atoms with van der Waals surface area (Å²) >= 11 is 0.